The summed E-state index contributed by atoms with van der Waals surface area (Å²) in [6.45, 7) is 5.79. The maximum absolute atomic E-state index is 12.5. The molecule has 0 saturated heterocycles. The van der Waals surface area contributed by atoms with Crippen LogP contribution < -0.4 is 20.7 Å². The van der Waals surface area contributed by atoms with Crippen molar-refractivity contribution in [1.82, 2.24) is 5.32 Å². The molecule has 1 atom stereocenters. The van der Waals surface area contributed by atoms with Crippen molar-refractivity contribution in [2.45, 2.75) is 39.7 Å². The second kappa shape index (κ2) is 10.4. The minimum atomic E-state index is -0.221. The molecular weight excluding hydrogens is 374 g/mol. The predicted octanol–water partition coefficient (Wildman–Crippen LogP) is 4.34. The largest absolute Gasteiger partial charge is 0.491 e. The van der Waals surface area contributed by atoms with Crippen LogP contribution in [0, 0.1) is 0 Å². The molecule has 0 unspecified atom stereocenters. The molecule has 0 aliphatic rings. The molecule has 0 bridgehead atoms. The van der Waals surface area contributed by atoms with Gasteiger partial charge in [-0.25, -0.2) is 0 Å². The third-order valence-corrected chi connectivity index (χ3v) is 4.19. The minimum absolute atomic E-state index is 0.0894. The summed E-state index contributed by atoms with van der Waals surface area (Å²) in [6.07, 6.45) is 1.34. The Morgan fingerprint density at radius 3 is 2.29 bits per heavy atom. The molecule has 2 aromatic rings. The van der Waals surface area contributed by atoms with Crippen LogP contribution in [0.1, 0.15) is 44.0 Å². The average molecular weight is 400 g/mol. The lowest BCUT2D eigenvalue weighted by molar-refractivity contribution is -0.119. The number of carbonyl (C=O) groups is 2. The predicted molar refractivity (Wildman–Crippen MR) is 116 cm³/mol. The van der Waals surface area contributed by atoms with Crippen molar-refractivity contribution in [1.29, 1.82) is 0 Å². The van der Waals surface area contributed by atoms with E-state index in [1.807, 2.05) is 19.9 Å². The number of ether oxygens (including phenoxy) is 1. The van der Waals surface area contributed by atoms with Gasteiger partial charge < -0.3 is 20.7 Å². The first-order valence-corrected chi connectivity index (χ1v) is 9.61. The SMILES string of the molecule is CCC(=O)NC(=S)Nc1ccc(NC(=O)c2cccc(O[C@@H](C)CC)c2)cc1. The smallest absolute Gasteiger partial charge is 0.255 e. The molecule has 2 rings (SSSR count). The molecule has 0 heterocycles. The van der Waals surface area contributed by atoms with Crippen LogP contribution in [0.15, 0.2) is 48.5 Å². The van der Waals surface area contributed by atoms with Gasteiger partial charge in [-0.15, -0.1) is 0 Å². The zero-order valence-corrected chi connectivity index (χ0v) is 17.1. The molecule has 6 nitrogen and oxygen atoms in total. The topological polar surface area (TPSA) is 79.5 Å². The fourth-order valence-electron chi connectivity index (χ4n) is 2.24. The Morgan fingerprint density at radius 2 is 1.68 bits per heavy atom. The minimum Gasteiger partial charge on any atom is -0.491 e. The first kappa shape index (κ1) is 21.4. The third-order valence-electron chi connectivity index (χ3n) is 3.98. The second-order valence-electron chi connectivity index (χ2n) is 6.25. The summed E-state index contributed by atoms with van der Waals surface area (Å²) in [7, 11) is 0. The molecule has 0 saturated carbocycles. The van der Waals surface area contributed by atoms with Crippen LogP contribution in [0.25, 0.3) is 0 Å². The Morgan fingerprint density at radius 1 is 1.04 bits per heavy atom. The van der Waals surface area contributed by atoms with Crippen molar-refractivity contribution in [3.8, 4) is 5.75 Å². The maximum Gasteiger partial charge on any atom is 0.255 e. The van der Waals surface area contributed by atoms with Crippen LogP contribution in [0.2, 0.25) is 0 Å². The van der Waals surface area contributed by atoms with E-state index in [1.54, 1.807) is 49.4 Å². The van der Waals surface area contributed by atoms with E-state index in [-0.39, 0.29) is 23.0 Å². The molecule has 0 radical (unpaired) electrons. The van der Waals surface area contributed by atoms with E-state index < -0.39 is 0 Å². The highest BCUT2D eigenvalue weighted by Gasteiger charge is 2.09. The van der Waals surface area contributed by atoms with E-state index in [4.69, 9.17) is 17.0 Å². The number of amides is 2. The summed E-state index contributed by atoms with van der Waals surface area (Å²) in [5, 5.41) is 8.58. The normalized spacial score (nSPS) is 11.2. The second-order valence-corrected chi connectivity index (χ2v) is 6.66. The maximum atomic E-state index is 12.5. The lowest BCUT2D eigenvalue weighted by atomic mass is 10.2. The van der Waals surface area contributed by atoms with Crippen LogP contribution >= 0.6 is 12.2 Å². The van der Waals surface area contributed by atoms with E-state index in [0.717, 1.165) is 6.42 Å². The van der Waals surface area contributed by atoms with E-state index in [2.05, 4.69) is 16.0 Å². The summed E-state index contributed by atoms with van der Waals surface area (Å²) in [5.41, 5.74) is 1.88. The molecule has 0 spiro atoms. The highest BCUT2D eigenvalue weighted by molar-refractivity contribution is 7.80. The van der Waals surface area contributed by atoms with Gasteiger partial charge in [-0.05, 0) is 68.0 Å². The van der Waals surface area contributed by atoms with Crippen molar-refractivity contribution in [2.75, 3.05) is 10.6 Å². The summed E-state index contributed by atoms with van der Waals surface area (Å²) >= 11 is 5.07. The van der Waals surface area contributed by atoms with Crippen LogP contribution in [-0.2, 0) is 4.79 Å². The zero-order valence-electron chi connectivity index (χ0n) is 16.2. The van der Waals surface area contributed by atoms with Gasteiger partial charge in [0.05, 0.1) is 6.10 Å². The fraction of sp³-hybridized carbons (Fsp3) is 0.286. The molecule has 0 aromatic heterocycles. The van der Waals surface area contributed by atoms with Crippen molar-refractivity contribution < 1.29 is 14.3 Å². The number of benzene rings is 2. The number of rotatable bonds is 7. The van der Waals surface area contributed by atoms with Gasteiger partial charge in [0.1, 0.15) is 5.75 Å². The standard InChI is InChI=1S/C21H25N3O3S/c1-4-14(3)27-18-8-6-7-15(13-18)20(26)22-16-9-11-17(12-10-16)23-21(28)24-19(25)5-2/h6-14H,4-5H2,1-3H3,(H,22,26)(H2,23,24,25,28)/t14-/m0/s1. The van der Waals surface area contributed by atoms with E-state index in [9.17, 15) is 9.59 Å². The number of hydrogen-bond donors (Lipinski definition) is 3. The summed E-state index contributed by atoms with van der Waals surface area (Å²) in [4.78, 5) is 23.8. The Hall–Kier alpha value is -2.93. The fourth-order valence-corrected chi connectivity index (χ4v) is 2.48. The van der Waals surface area contributed by atoms with Gasteiger partial charge in [-0.3, -0.25) is 9.59 Å². The number of nitrogens with one attached hydrogen (secondary N) is 3. The third kappa shape index (κ3) is 6.66. The van der Waals surface area contributed by atoms with Crippen LogP contribution in [0.3, 0.4) is 0 Å². The molecule has 28 heavy (non-hydrogen) atoms. The molecule has 7 heteroatoms. The summed E-state index contributed by atoms with van der Waals surface area (Å²) < 4.78 is 5.76. The van der Waals surface area contributed by atoms with Gasteiger partial charge in [0.15, 0.2) is 5.11 Å². The Balaban J connectivity index is 1.96. The number of anilines is 2. The van der Waals surface area contributed by atoms with E-state index in [0.29, 0.717) is 29.1 Å². The summed E-state index contributed by atoms with van der Waals surface area (Å²) in [5.74, 6) is 0.297. The van der Waals surface area contributed by atoms with E-state index in [1.165, 1.54) is 0 Å². The number of hydrogen-bond acceptors (Lipinski definition) is 4. The molecule has 0 fully saturated rings. The van der Waals surface area contributed by atoms with E-state index >= 15 is 0 Å². The number of thiocarbonyl (C=S) groups is 1. The van der Waals surface area contributed by atoms with Gasteiger partial charge in [-0.2, -0.15) is 0 Å². The molecule has 2 amide bonds. The first-order chi connectivity index (χ1) is 13.4. The van der Waals surface area contributed by atoms with Gasteiger partial charge >= 0.3 is 0 Å². The van der Waals surface area contributed by atoms with Gasteiger partial charge in [-0.1, -0.05) is 19.9 Å². The van der Waals surface area contributed by atoms with Gasteiger partial charge in [0.25, 0.3) is 5.91 Å². The lowest BCUT2D eigenvalue weighted by Gasteiger charge is -2.13. The van der Waals surface area contributed by atoms with Crippen LogP contribution in [0.4, 0.5) is 11.4 Å². The molecule has 2 aromatic carbocycles. The average Bonchev–Trinajstić information content (AvgIpc) is 2.69. The van der Waals surface area contributed by atoms with Crippen LogP contribution in [0.5, 0.6) is 5.75 Å². The Bertz CT molecular complexity index is 837. The van der Waals surface area contributed by atoms with Crippen molar-refractivity contribution in [2.24, 2.45) is 0 Å². The monoisotopic (exact) mass is 399 g/mol. The Kier molecular flexibility index (Phi) is 7.95. The molecule has 0 aliphatic heterocycles. The molecule has 0 aliphatic carbocycles. The first-order valence-electron chi connectivity index (χ1n) is 9.20. The molecular formula is C21H25N3O3S. The Labute approximate surface area is 170 Å². The van der Waals surface area contributed by atoms with Crippen LogP contribution in [-0.4, -0.2) is 23.0 Å². The lowest BCUT2D eigenvalue weighted by Crippen LogP contribution is -2.33. The zero-order chi connectivity index (χ0) is 20.5. The quantitative estimate of drug-likeness (QED) is 0.604. The molecule has 3 N–H and O–H groups in total. The highest BCUT2D eigenvalue weighted by Crippen LogP contribution is 2.18. The highest BCUT2D eigenvalue weighted by atomic mass is 32.1. The van der Waals surface area contributed by atoms with Crippen molar-refractivity contribution >= 4 is 40.5 Å². The van der Waals surface area contributed by atoms with Gasteiger partial charge in [0.2, 0.25) is 5.91 Å². The van der Waals surface area contributed by atoms with Crippen molar-refractivity contribution in [3.63, 3.8) is 0 Å². The van der Waals surface area contributed by atoms with Crippen molar-refractivity contribution in [3.05, 3.63) is 54.1 Å². The molecule has 148 valence electrons. The summed E-state index contributed by atoms with van der Waals surface area (Å²) in [6, 6.07) is 14.1. The number of carbonyl (C=O) groups excluding carboxylic acids is 2. The van der Waals surface area contributed by atoms with Gasteiger partial charge in [0, 0.05) is 23.4 Å².